The number of rotatable bonds is 5. The molecule has 0 unspecified atom stereocenters. The van der Waals surface area contributed by atoms with Crippen LogP contribution in [0, 0.1) is 5.41 Å². The number of nitrogens with one attached hydrogen (secondary N) is 3. The molecule has 2 aliphatic rings. The second kappa shape index (κ2) is 9.28. The summed E-state index contributed by atoms with van der Waals surface area (Å²) in [6, 6.07) is 8.80. The van der Waals surface area contributed by atoms with Crippen molar-refractivity contribution in [3.8, 4) is 0 Å². The van der Waals surface area contributed by atoms with Crippen molar-refractivity contribution in [3.05, 3.63) is 44.0 Å². The van der Waals surface area contributed by atoms with Crippen LogP contribution in [0.5, 0.6) is 0 Å². The van der Waals surface area contributed by atoms with Crippen LogP contribution in [-0.2, 0) is 9.53 Å². The molecule has 0 radical (unpaired) electrons. The van der Waals surface area contributed by atoms with Crippen LogP contribution in [0.2, 0.25) is 5.02 Å². The van der Waals surface area contributed by atoms with Crippen LogP contribution >= 0.6 is 38.9 Å². The van der Waals surface area contributed by atoms with Gasteiger partial charge in [-0.3, -0.25) is 15.0 Å². The fourth-order valence-electron chi connectivity index (χ4n) is 3.96. The highest BCUT2D eigenvalue weighted by molar-refractivity contribution is 9.11. The first-order valence-electron chi connectivity index (χ1n) is 9.99. The Hall–Kier alpha value is -1.94. The first kappa shape index (κ1) is 22.3. The number of carbonyl (C=O) groups excluding carboxylic acids is 2. The van der Waals surface area contributed by atoms with Crippen molar-refractivity contribution < 1.29 is 14.3 Å². The topological polar surface area (TPSA) is 94.5 Å². The average molecular weight is 526 g/mol. The number of anilines is 2. The zero-order valence-electron chi connectivity index (χ0n) is 16.7. The van der Waals surface area contributed by atoms with Gasteiger partial charge in [0.15, 0.2) is 0 Å². The molecule has 2 heterocycles. The molecule has 31 heavy (non-hydrogen) atoms. The zero-order chi connectivity index (χ0) is 22.0. The minimum atomic E-state index is -0.939. The molecular weight excluding hydrogens is 504 g/mol. The van der Waals surface area contributed by atoms with Gasteiger partial charge in [-0.1, -0.05) is 24.4 Å². The van der Waals surface area contributed by atoms with Crippen LogP contribution < -0.4 is 15.5 Å². The summed E-state index contributed by atoms with van der Waals surface area (Å²) in [6.45, 7) is 1.33. The van der Waals surface area contributed by atoms with Gasteiger partial charge in [-0.15, -0.1) is 11.3 Å². The first-order valence-corrected chi connectivity index (χ1v) is 12.0. The molecule has 2 amide bonds. The minimum Gasteiger partial charge on any atom is -0.372 e. The standard InChI is InChI=1S/C21H22BrClN4O3S/c22-17-6-5-16(31-17)19(28)26-21(7-1-2-8-21)20(29)25-13-3-4-15(14(23)11-13)27-9-10-30-12-18(27)24/h3-6,11,24H,1-2,7-10,12H2,(H,25,29)(H,26,28). The van der Waals surface area contributed by atoms with E-state index in [-0.39, 0.29) is 18.4 Å². The van der Waals surface area contributed by atoms with Gasteiger partial charge in [0.1, 0.15) is 18.0 Å². The summed E-state index contributed by atoms with van der Waals surface area (Å²) in [5.41, 5.74) is 0.323. The van der Waals surface area contributed by atoms with Crippen molar-refractivity contribution >= 4 is 67.9 Å². The van der Waals surface area contributed by atoms with E-state index in [1.54, 1.807) is 29.2 Å². The maximum Gasteiger partial charge on any atom is 0.262 e. The Kier molecular flexibility index (Phi) is 6.66. The fraction of sp³-hybridized carbons (Fsp3) is 0.381. The monoisotopic (exact) mass is 524 g/mol. The number of amides is 2. The Balaban J connectivity index is 1.49. The molecule has 1 saturated carbocycles. The number of hydrogen-bond acceptors (Lipinski definition) is 5. The molecule has 10 heteroatoms. The van der Waals surface area contributed by atoms with Crippen LogP contribution in [0.3, 0.4) is 0 Å². The second-order valence-electron chi connectivity index (χ2n) is 7.62. The summed E-state index contributed by atoms with van der Waals surface area (Å²) in [6.07, 6.45) is 2.93. The van der Waals surface area contributed by atoms with E-state index in [4.69, 9.17) is 21.7 Å². The lowest BCUT2D eigenvalue weighted by atomic mass is 9.95. The number of hydrogen-bond donors (Lipinski definition) is 3. The molecule has 1 aromatic heterocycles. The van der Waals surface area contributed by atoms with Gasteiger partial charge in [-0.2, -0.15) is 0 Å². The van der Waals surface area contributed by atoms with Crippen molar-refractivity contribution in [1.29, 1.82) is 5.41 Å². The van der Waals surface area contributed by atoms with Crippen LogP contribution in [0.4, 0.5) is 11.4 Å². The number of carbonyl (C=O) groups is 2. The SMILES string of the molecule is N=C1COCCN1c1ccc(NC(=O)C2(NC(=O)c3ccc(Br)s3)CCCC2)cc1Cl. The van der Waals surface area contributed by atoms with E-state index in [1.165, 1.54) is 11.3 Å². The van der Waals surface area contributed by atoms with E-state index < -0.39 is 5.54 Å². The number of ether oxygens (including phenoxy) is 1. The summed E-state index contributed by atoms with van der Waals surface area (Å²) in [5, 5.41) is 14.4. The van der Waals surface area contributed by atoms with E-state index in [0.29, 0.717) is 53.1 Å². The third kappa shape index (κ3) is 4.79. The summed E-state index contributed by atoms with van der Waals surface area (Å²) in [5.74, 6) is -0.137. The van der Waals surface area contributed by atoms with Crippen molar-refractivity contribution in [2.75, 3.05) is 30.0 Å². The maximum atomic E-state index is 13.2. The smallest absolute Gasteiger partial charge is 0.262 e. The number of thiophene rings is 1. The Morgan fingerprint density at radius 2 is 2.00 bits per heavy atom. The van der Waals surface area contributed by atoms with Crippen LogP contribution in [0.15, 0.2) is 34.1 Å². The van der Waals surface area contributed by atoms with Crippen LogP contribution in [0.25, 0.3) is 0 Å². The van der Waals surface area contributed by atoms with Gasteiger partial charge in [0.2, 0.25) is 5.91 Å². The molecule has 0 spiro atoms. The Labute approximate surface area is 197 Å². The highest BCUT2D eigenvalue weighted by Gasteiger charge is 2.43. The molecule has 1 aromatic carbocycles. The summed E-state index contributed by atoms with van der Waals surface area (Å²) >= 11 is 11.2. The Bertz CT molecular complexity index is 1020. The molecule has 1 aliphatic heterocycles. The number of amidine groups is 1. The number of morpholine rings is 1. The van der Waals surface area contributed by atoms with E-state index >= 15 is 0 Å². The van der Waals surface area contributed by atoms with Gasteiger partial charge in [0.05, 0.1) is 26.0 Å². The van der Waals surface area contributed by atoms with E-state index in [0.717, 1.165) is 16.6 Å². The molecule has 3 N–H and O–H groups in total. The average Bonchev–Trinajstić information content (AvgIpc) is 3.39. The van der Waals surface area contributed by atoms with E-state index in [1.807, 2.05) is 6.07 Å². The lowest BCUT2D eigenvalue weighted by Crippen LogP contribution is -2.54. The summed E-state index contributed by atoms with van der Waals surface area (Å²) in [7, 11) is 0. The zero-order valence-corrected chi connectivity index (χ0v) is 19.8. The normalized spacial score (nSPS) is 18.1. The second-order valence-corrected chi connectivity index (χ2v) is 10.5. The minimum absolute atomic E-state index is 0.239. The van der Waals surface area contributed by atoms with Crippen molar-refractivity contribution in [1.82, 2.24) is 5.32 Å². The highest BCUT2D eigenvalue weighted by Crippen LogP contribution is 2.34. The molecule has 0 bridgehead atoms. The quantitative estimate of drug-likeness (QED) is 0.529. The predicted molar refractivity (Wildman–Crippen MR) is 127 cm³/mol. The lowest BCUT2D eigenvalue weighted by molar-refractivity contribution is -0.122. The van der Waals surface area contributed by atoms with Crippen molar-refractivity contribution in [3.63, 3.8) is 0 Å². The van der Waals surface area contributed by atoms with Gasteiger partial charge in [-0.25, -0.2) is 0 Å². The maximum absolute atomic E-state index is 13.2. The molecule has 1 aliphatic carbocycles. The molecule has 164 valence electrons. The van der Waals surface area contributed by atoms with Gasteiger partial charge in [-0.05, 0) is 59.1 Å². The Morgan fingerprint density at radius 1 is 1.23 bits per heavy atom. The number of halogens is 2. The summed E-state index contributed by atoms with van der Waals surface area (Å²) < 4.78 is 6.15. The molecule has 1 saturated heterocycles. The molecule has 2 aromatic rings. The third-order valence-corrected chi connectivity index (χ3v) is 7.49. The van der Waals surface area contributed by atoms with E-state index in [9.17, 15) is 9.59 Å². The summed E-state index contributed by atoms with van der Waals surface area (Å²) in [4.78, 5) is 28.3. The van der Waals surface area contributed by atoms with Crippen molar-refractivity contribution in [2.24, 2.45) is 0 Å². The fourth-order valence-corrected chi connectivity index (χ4v) is 5.52. The lowest BCUT2D eigenvalue weighted by Gasteiger charge is -2.31. The van der Waals surface area contributed by atoms with Gasteiger partial charge in [0.25, 0.3) is 5.91 Å². The molecule has 7 nitrogen and oxygen atoms in total. The number of benzene rings is 1. The van der Waals surface area contributed by atoms with Gasteiger partial charge < -0.3 is 20.3 Å². The van der Waals surface area contributed by atoms with E-state index in [2.05, 4.69) is 26.6 Å². The van der Waals surface area contributed by atoms with Crippen LogP contribution in [0.1, 0.15) is 35.4 Å². The predicted octanol–water partition coefficient (Wildman–Crippen LogP) is 4.66. The van der Waals surface area contributed by atoms with Gasteiger partial charge in [0, 0.05) is 12.2 Å². The third-order valence-electron chi connectivity index (χ3n) is 5.56. The number of nitrogens with zero attached hydrogens (tertiary/aromatic N) is 1. The van der Waals surface area contributed by atoms with Gasteiger partial charge >= 0.3 is 0 Å². The largest absolute Gasteiger partial charge is 0.372 e. The molecule has 2 fully saturated rings. The first-order chi connectivity index (χ1) is 14.9. The molecule has 0 atom stereocenters. The van der Waals surface area contributed by atoms with Crippen LogP contribution in [-0.4, -0.2) is 42.9 Å². The Morgan fingerprint density at radius 3 is 2.65 bits per heavy atom. The highest BCUT2D eigenvalue weighted by atomic mass is 79.9. The van der Waals surface area contributed by atoms with Crippen molar-refractivity contribution in [2.45, 2.75) is 31.2 Å². The molecule has 4 rings (SSSR count). The molecular formula is C21H22BrClN4O3S.